The monoisotopic (exact) mass is 422 g/mol. The normalized spacial score (nSPS) is 17.5. The first-order valence-corrected chi connectivity index (χ1v) is 7.94. The minimum Gasteiger partial charge on any atom is -0.379 e. The third-order valence-electron chi connectivity index (χ3n) is 3.47. The topological polar surface area (TPSA) is 48.9 Å². The quantitative estimate of drug-likeness (QED) is 0.283. The van der Waals surface area contributed by atoms with Gasteiger partial charge in [-0.05, 0) is 19.3 Å². The van der Waals surface area contributed by atoms with E-state index in [0.29, 0.717) is 18.5 Å². The third-order valence-corrected chi connectivity index (χ3v) is 3.47. The van der Waals surface area contributed by atoms with Gasteiger partial charge in [0.05, 0.1) is 26.3 Å². The molecule has 128 valence electrons. The Balaban J connectivity index is 0.00000441. The van der Waals surface area contributed by atoms with Crippen LogP contribution in [0.1, 0.15) is 27.2 Å². The minimum atomic E-state index is 0. The van der Waals surface area contributed by atoms with Crippen molar-refractivity contribution >= 4 is 29.9 Å². The lowest BCUT2D eigenvalue weighted by Gasteiger charge is -2.34. The molecular formula is C16H31IN4O. The Hall–Kier alpha value is -0.520. The fraction of sp³-hybridized carbons (Fsp3) is 0.812. The molecule has 0 aliphatic carbocycles. The highest BCUT2D eigenvalue weighted by Crippen LogP contribution is 2.13. The minimum absolute atomic E-state index is 0. The molecule has 0 saturated carbocycles. The van der Waals surface area contributed by atoms with Crippen LogP contribution in [0.15, 0.2) is 4.99 Å². The van der Waals surface area contributed by atoms with Crippen LogP contribution in [0, 0.1) is 18.3 Å². The molecule has 1 rings (SSSR count). The lowest BCUT2D eigenvalue weighted by atomic mass is 10.0. The SMILES string of the molecule is C#CCNC(=NCC(CC(C)C)N1CCOCC1)NCC.I. The lowest BCUT2D eigenvalue weighted by Crippen LogP contribution is -2.46. The van der Waals surface area contributed by atoms with E-state index in [1.165, 1.54) is 0 Å². The van der Waals surface area contributed by atoms with Gasteiger partial charge in [0.15, 0.2) is 5.96 Å². The van der Waals surface area contributed by atoms with Crippen molar-refractivity contribution in [2.24, 2.45) is 10.9 Å². The first kappa shape index (κ1) is 21.5. The molecule has 1 heterocycles. The molecule has 0 aromatic rings. The maximum absolute atomic E-state index is 5.45. The van der Waals surface area contributed by atoms with Crippen molar-refractivity contribution in [1.82, 2.24) is 15.5 Å². The third kappa shape index (κ3) is 8.81. The lowest BCUT2D eigenvalue weighted by molar-refractivity contribution is 0.0143. The van der Waals surface area contributed by atoms with Crippen molar-refractivity contribution < 1.29 is 4.74 Å². The summed E-state index contributed by atoms with van der Waals surface area (Å²) in [6.07, 6.45) is 6.45. The Kier molecular flexibility index (Phi) is 12.7. The molecule has 1 unspecified atom stereocenters. The number of morpholine rings is 1. The van der Waals surface area contributed by atoms with Crippen molar-refractivity contribution in [3.05, 3.63) is 0 Å². The summed E-state index contributed by atoms with van der Waals surface area (Å²) < 4.78 is 5.45. The molecule has 6 heteroatoms. The highest BCUT2D eigenvalue weighted by molar-refractivity contribution is 14.0. The zero-order chi connectivity index (χ0) is 15.5. The molecule has 22 heavy (non-hydrogen) atoms. The van der Waals surface area contributed by atoms with E-state index < -0.39 is 0 Å². The van der Waals surface area contributed by atoms with E-state index in [0.717, 1.165) is 51.8 Å². The number of hydrogen-bond acceptors (Lipinski definition) is 3. The van der Waals surface area contributed by atoms with Gasteiger partial charge in [0.2, 0.25) is 0 Å². The standard InChI is InChI=1S/C16H30N4O.HI/c1-5-7-18-16(17-6-2)19-13-15(12-14(3)4)20-8-10-21-11-9-20;/h1,14-15H,6-13H2,2-4H3,(H2,17,18,19);1H. The van der Waals surface area contributed by atoms with Crippen molar-refractivity contribution in [2.45, 2.75) is 33.2 Å². The first-order valence-electron chi connectivity index (χ1n) is 7.94. The van der Waals surface area contributed by atoms with E-state index >= 15 is 0 Å². The summed E-state index contributed by atoms with van der Waals surface area (Å²) in [6, 6.07) is 0.468. The molecule has 2 N–H and O–H groups in total. The molecule has 0 aromatic carbocycles. The van der Waals surface area contributed by atoms with Crippen molar-refractivity contribution in [1.29, 1.82) is 0 Å². The van der Waals surface area contributed by atoms with E-state index in [2.05, 4.69) is 42.2 Å². The molecule has 0 spiro atoms. The van der Waals surface area contributed by atoms with Crippen LogP contribution in [-0.2, 0) is 4.74 Å². The van der Waals surface area contributed by atoms with E-state index in [4.69, 9.17) is 16.2 Å². The van der Waals surface area contributed by atoms with Crippen LogP contribution in [0.25, 0.3) is 0 Å². The smallest absolute Gasteiger partial charge is 0.192 e. The molecule has 1 aliphatic heterocycles. The fourth-order valence-electron chi connectivity index (χ4n) is 2.50. The molecule has 1 saturated heterocycles. The van der Waals surface area contributed by atoms with Gasteiger partial charge in [-0.1, -0.05) is 19.8 Å². The largest absolute Gasteiger partial charge is 0.379 e. The van der Waals surface area contributed by atoms with Crippen molar-refractivity contribution in [2.75, 3.05) is 45.9 Å². The fourth-order valence-corrected chi connectivity index (χ4v) is 2.50. The van der Waals surface area contributed by atoms with Gasteiger partial charge in [-0.3, -0.25) is 9.89 Å². The van der Waals surface area contributed by atoms with Crippen LogP contribution >= 0.6 is 24.0 Å². The maximum atomic E-state index is 5.45. The maximum Gasteiger partial charge on any atom is 0.192 e. The Morgan fingerprint density at radius 3 is 2.55 bits per heavy atom. The summed E-state index contributed by atoms with van der Waals surface area (Å²) in [7, 11) is 0. The molecule has 0 bridgehead atoms. The van der Waals surface area contributed by atoms with Gasteiger partial charge in [-0.25, -0.2) is 0 Å². The summed E-state index contributed by atoms with van der Waals surface area (Å²) in [6.45, 7) is 12.4. The molecular weight excluding hydrogens is 391 g/mol. The second-order valence-corrected chi connectivity index (χ2v) is 5.71. The number of hydrogen-bond donors (Lipinski definition) is 2. The molecule has 1 fully saturated rings. The summed E-state index contributed by atoms with van der Waals surface area (Å²) >= 11 is 0. The molecule has 0 amide bonds. The zero-order valence-electron chi connectivity index (χ0n) is 14.1. The second kappa shape index (κ2) is 13.0. The molecule has 5 nitrogen and oxygen atoms in total. The molecule has 0 aromatic heterocycles. The van der Waals surface area contributed by atoms with Gasteiger partial charge < -0.3 is 15.4 Å². The number of aliphatic imine (C=N–C) groups is 1. The van der Waals surface area contributed by atoms with Crippen molar-refractivity contribution in [3.8, 4) is 12.3 Å². The summed E-state index contributed by atoms with van der Waals surface area (Å²) in [5.74, 6) is 4.05. The highest BCUT2D eigenvalue weighted by Gasteiger charge is 2.21. The van der Waals surface area contributed by atoms with Crippen LogP contribution in [0.3, 0.4) is 0 Å². The summed E-state index contributed by atoms with van der Waals surface area (Å²) in [4.78, 5) is 7.19. The Labute approximate surface area is 152 Å². The molecule has 0 radical (unpaired) electrons. The highest BCUT2D eigenvalue weighted by atomic mass is 127. The number of ether oxygens (including phenoxy) is 1. The van der Waals surface area contributed by atoms with E-state index in [1.54, 1.807) is 0 Å². The van der Waals surface area contributed by atoms with E-state index in [1.807, 2.05) is 0 Å². The second-order valence-electron chi connectivity index (χ2n) is 5.71. The predicted octanol–water partition coefficient (Wildman–Crippen LogP) is 1.54. The number of nitrogens with zero attached hydrogens (tertiary/aromatic N) is 2. The van der Waals surface area contributed by atoms with Gasteiger partial charge in [-0.15, -0.1) is 30.4 Å². The number of guanidine groups is 1. The number of terminal acetylenes is 1. The molecule has 1 atom stereocenters. The Bertz CT molecular complexity index is 349. The number of rotatable bonds is 7. The van der Waals surface area contributed by atoms with Gasteiger partial charge in [0.25, 0.3) is 0 Å². The van der Waals surface area contributed by atoms with Crippen molar-refractivity contribution in [3.63, 3.8) is 0 Å². The van der Waals surface area contributed by atoms with E-state index in [9.17, 15) is 0 Å². The number of nitrogens with one attached hydrogen (secondary N) is 2. The summed E-state index contributed by atoms with van der Waals surface area (Å²) in [5, 5.41) is 6.37. The Morgan fingerprint density at radius 1 is 1.32 bits per heavy atom. The van der Waals surface area contributed by atoms with Crippen LogP contribution in [0.2, 0.25) is 0 Å². The predicted molar refractivity (Wildman–Crippen MR) is 104 cm³/mol. The zero-order valence-corrected chi connectivity index (χ0v) is 16.4. The van der Waals surface area contributed by atoms with Gasteiger partial charge in [0.1, 0.15) is 0 Å². The Morgan fingerprint density at radius 2 is 2.00 bits per heavy atom. The van der Waals surface area contributed by atoms with Gasteiger partial charge in [0, 0.05) is 25.7 Å². The van der Waals surface area contributed by atoms with Gasteiger partial charge in [-0.2, -0.15) is 0 Å². The van der Waals surface area contributed by atoms with Gasteiger partial charge >= 0.3 is 0 Å². The average molecular weight is 422 g/mol. The van der Waals surface area contributed by atoms with E-state index in [-0.39, 0.29) is 24.0 Å². The molecule has 1 aliphatic rings. The average Bonchev–Trinajstić information content (AvgIpc) is 2.49. The van der Waals surface area contributed by atoms with Crippen LogP contribution < -0.4 is 10.6 Å². The first-order chi connectivity index (χ1) is 10.2. The van der Waals surface area contributed by atoms with Crippen LogP contribution in [0.5, 0.6) is 0 Å². The summed E-state index contributed by atoms with van der Waals surface area (Å²) in [5.41, 5.74) is 0. The van der Waals surface area contributed by atoms with Crippen LogP contribution in [0.4, 0.5) is 0 Å². The van der Waals surface area contributed by atoms with Crippen LogP contribution in [-0.4, -0.2) is 62.8 Å². The number of halogens is 1.